The fraction of sp³-hybridized carbons (Fsp3) is 0.571. The molecule has 2 rings (SSSR count). The Balaban J connectivity index is 2.12. The maximum absolute atomic E-state index is 12.4. The van der Waals surface area contributed by atoms with Gasteiger partial charge in [-0.3, -0.25) is 0 Å². The molecular formula is C14H21NO4S. The summed E-state index contributed by atoms with van der Waals surface area (Å²) in [7, 11) is -2.05. The predicted octanol–water partition coefficient (Wildman–Crippen LogP) is 1.52. The summed E-state index contributed by atoms with van der Waals surface area (Å²) >= 11 is 0. The Bertz CT molecular complexity index is 552. The molecule has 6 heteroatoms. The van der Waals surface area contributed by atoms with Crippen molar-refractivity contribution in [2.24, 2.45) is 5.92 Å². The predicted molar refractivity (Wildman–Crippen MR) is 76.1 cm³/mol. The molecule has 0 amide bonds. The lowest BCUT2D eigenvalue weighted by atomic mass is 9.77. The molecule has 1 atom stereocenters. The van der Waals surface area contributed by atoms with Crippen molar-refractivity contribution >= 4 is 10.0 Å². The van der Waals surface area contributed by atoms with Gasteiger partial charge < -0.3 is 9.84 Å². The Morgan fingerprint density at radius 3 is 2.70 bits per heavy atom. The van der Waals surface area contributed by atoms with Crippen LogP contribution in [-0.4, -0.2) is 32.8 Å². The lowest BCUT2D eigenvalue weighted by Crippen LogP contribution is -2.46. The zero-order valence-corrected chi connectivity index (χ0v) is 12.6. The third-order valence-electron chi connectivity index (χ3n) is 3.82. The Labute approximate surface area is 120 Å². The van der Waals surface area contributed by atoms with Crippen LogP contribution in [0.25, 0.3) is 0 Å². The second-order valence-corrected chi connectivity index (χ2v) is 6.91. The normalized spacial score (nSPS) is 23.9. The van der Waals surface area contributed by atoms with Crippen molar-refractivity contribution in [2.45, 2.75) is 43.2 Å². The number of nitrogens with one attached hydrogen (secondary N) is 1. The summed E-state index contributed by atoms with van der Waals surface area (Å²) < 4.78 is 32.5. The minimum absolute atomic E-state index is 0.130. The van der Waals surface area contributed by atoms with Crippen LogP contribution in [0.2, 0.25) is 0 Å². The van der Waals surface area contributed by atoms with Crippen molar-refractivity contribution < 1.29 is 18.3 Å². The molecule has 0 aliphatic heterocycles. The van der Waals surface area contributed by atoms with Crippen LogP contribution in [0.5, 0.6) is 5.75 Å². The van der Waals surface area contributed by atoms with Gasteiger partial charge in [-0.25, -0.2) is 13.1 Å². The molecule has 1 aliphatic carbocycles. The number of aliphatic hydroxyl groups excluding tert-OH is 1. The Kier molecular flexibility index (Phi) is 4.67. The summed E-state index contributed by atoms with van der Waals surface area (Å²) in [5.74, 6) is 0.732. The van der Waals surface area contributed by atoms with Crippen LogP contribution in [-0.2, 0) is 10.0 Å². The van der Waals surface area contributed by atoms with Gasteiger partial charge in [0, 0.05) is 12.1 Å². The van der Waals surface area contributed by atoms with Gasteiger partial charge in [0.2, 0.25) is 10.0 Å². The largest absolute Gasteiger partial charge is 0.497 e. The summed E-state index contributed by atoms with van der Waals surface area (Å²) in [4.78, 5) is 0.204. The molecule has 1 aliphatic rings. The molecule has 2 N–H and O–H groups in total. The number of rotatable bonds is 6. The Morgan fingerprint density at radius 2 is 2.15 bits per heavy atom. The highest BCUT2D eigenvalue weighted by Crippen LogP contribution is 2.32. The number of ether oxygens (including phenoxy) is 1. The highest BCUT2D eigenvalue weighted by molar-refractivity contribution is 7.89. The van der Waals surface area contributed by atoms with Crippen LogP contribution < -0.4 is 9.46 Å². The average Bonchev–Trinajstić information content (AvgIpc) is 2.41. The number of benzene rings is 1. The number of sulfonamides is 1. The van der Waals surface area contributed by atoms with Crippen LogP contribution >= 0.6 is 0 Å². The van der Waals surface area contributed by atoms with Crippen molar-refractivity contribution in [3.8, 4) is 5.75 Å². The quantitative estimate of drug-likeness (QED) is 0.835. The Hall–Kier alpha value is -1.11. The molecule has 1 fully saturated rings. The highest BCUT2D eigenvalue weighted by atomic mass is 32.2. The second-order valence-electron chi connectivity index (χ2n) is 5.20. The van der Waals surface area contributed by atoms with Gasteiger partial charge >= 0.3 is 0 Å². The lowest BCUT2D eigenvalue weighted by Gasteiger charge is -2.37. The van der Waals surface area contributed by atoms with Crippen LogP contribution in [0.1, 0.15) is 26.2 Å². The van der Waals surface area contributed by atoms with E-state index in [1.165, 1.54) is 13.2 Å². The van der Waals surface area contributed by atoms with E-state index in [0.29, 0.717) is 25.0 Å². The molecule has 0 aromatic heterocycles. The van der Waals surface area contributed by atoms with Gasteiger partial charge in [0.05, 0.1) is 18.1 Å². The minimum atomic E-state index is -3.55. The molecule has 0 bridgehead atoms. The average molecular weight is 299 g/mol. The molecule has 0 unspecified atom stereocenters. The maximum Gasteiger partial charge on any atom is 0.240 e. The molecule has 0 saturated heterocycles. The fourth-order valence-electron chi connectivity index (χ4n) is 2.51. The van der Waals surface area contributed by atoms with Gasteiger partial charge in [-0.1, -0.05) is 13.0 Å². The van der Waals surface area contributed by atoms with Crippen molar-refractivity contribution in [1.29, 1.82) is 0 Å². The van der Waals surface area contributed by atoms with Crippen LogP contribution in [0.15, 0.2) is 29.2 Å². The smallest absolute Gasteiger partial charge is 0.240 e. The van der Waals surface area contributed by atoms with Gasteiger partial charge in [-0.2, -0.15) is 0 Å². The number of hydrogen-bond acceptors (Lipinski definition) is 4. The molecule has 112 valence electrons. The molecule has 1 aromatic rings. The second kappa shape index (κ2) is 6.11. The van der Waals surface area contributed by atoms with Crippen molar-refractivity contribution in [3.05, 3.63) is 24.3 Å². The summed E-state index contributed by atoms with van der Waals surface area (Å²) in [6.45, 7) is 1.95. The first kappa shape index (κ1) is 15.3. The standard InChI is InChI=1S/C14H21NO4S/c1-3-14(10-7-11(16)8-10)15-20(17,18)13-6-4-5-12(9-13)19-2/h4-6,9-11,14-16H,3,7-8H2,1-2H3/t10?,11?,14-/m1/s1. The van der Waals surface area contributed by atoms with E-state index in [-0.39, 0.29) is 23.0 Å². The van der Waals surface area contributed by atoms with Gasteiger partial charge in [0.1, 0.15) is 5.75 Å². The maximum atomic E-state index is 12.4. The van der Waals surface area contributed by atoms with E-state index < -0.39 is 10.0 Å². The summed E-state index contributed by atoms with van der Waals surface area (Å²) in [5, 5.41) is 9.35. The van der Waals surface area contributed by atoms with Crippen molar-refractivity contribution in [2.75, 3.05) is 7.11 Å². The van der Waals surface area contributed by atoms with E-state index in [0.717, 1.165) is 0 Å². The van der Waals surface area contributed by atoms with E-state index in [1.54, 1.807) is 18.2 Å². The van der Waals surface area contributed by atoms with E-state index in [4.69, 9.17) is 4.74 Å². The molecule has 1 saturated carbocycles. The van der Waals surface area contributed by atoms with Crippen molar-refractivity contribution in [3.63, 3.8) is 0 Å². The van der Waals surface area contributed by atoms with Gasteiger partial charge in [-0.05, 0) is 37.3 Å². The van der Waals surface area contributed by atoms with E-state index in [1.807, 2.05) is 6.92 Å². The SMILES string of the molecule is CC[C@@H](NS(=O)(=O)c1cccc(OC)c1)C1CC(O)C1. The number of hydrogen-bond donors (Lipinski definition) is 2. The van der Waals surface area contributed by atoms with Gasteiger partial charge in [0.25, 0.3) is 0 Å². The molecule has 0 spiro atoms. The summed E-state index contributed by atoms with van der Waals surface area (Å²) in [6, 6.07) is 6.28. The monoisotopic (exact) mass is 299 g/mol. The molecule has 5 nitrogen and oxygen atoms in total. The zero-order chi connectivity index (χ0) is 14.8. The van der Waals surface area contributed by atoms with Crippen molar-refractivity contribution in [1.82, 2.24) is 4.72 Å². The molecule has 20 heavy (non-hydrogen) atoms. The van der Waals surface area contributed by atoms with E-state index in [2.05, 4.69) is 4.72 Å². The van der Waals surface area contributed by atoms with E-state index >= 15 is 0 Å². The topological polar surface area (TPSA) is 75.6 Å². The third kappa shape index (κ3) is 3.31. The van der Waals surface area contributed by atoms with Gasteiger partial charge in [0.15, 0.2) is 0 Å². The third-order valence-corrected chi connectivity index (χ3v) is 5.30. The highest BCUT2D eigenvalue weighted by Gasteiger charge is 2.35. The first-order valence-electron chi connectivity index (χ1n) is 6.80. The number of methoxy groups -OCH3 is 1. The summed E-state index contributed by atoms with van der Waals surface area (Å²) in [5.41, 5.74) is 0. The van der Waals surface area contributed by atoms with Crippen LogP contribution in [0.3, 0.4) is 0 Å². The Morgan fingerprint density at radius 1 is 1.45 bits per heavy atom. The van der Waals surface area contributed by atoms with Crippen LogP contribution in [0, 0.1) is 5.92 Å². The lowest BCUT2D eigenvalue weighted by molar-refractivity contribution is 0.0277. The molecule has 0 heterocycles. The molecular weight excluding hydrogens is 278 g/mol. The summed E-state index contributed by atoms with van der Waals surface area (Å²) in [6.07, 6.45) is 1.76. The molecule has 0 radical (unpaired) electrons. The van der Waals surface area contributed by atoms with Crippen LogP contribution in [0.4, 0.5) is 0 Å². The van der Waals surface area contributed by atoms with Gasteiger partial charge in [-0.15, -0.1) is 0 Å². The fourth-order valence-corrected chi connectivity index (χ4v) is 3.93. The minimum Gasteiger partial charge on any atom is -0.497 e. The number of aliphatic hydroxyl groups is 1. The molecule has 1 aromatic carbocycles. The first-order valence-corrected chi connectivity index (χ1v) is 8.29. The zero-order valence-electron chi connectivity index (χ0n) is 11.7. The van der Waals surface area contributed by atoms with E-state index in [9.17, 15) is 13.5 Å². The first-order chi connectivity index (χ1) is 9.46.